The van der Waals surface area contributed by atoms with Crippen LogP contribution in [0.25, 0.3) is 0 Å². The van der Waals surface area contributed by atoms with Crippen LogP contribution in [-0.4, -0.2) is 18.3 Å². The second-order valence-electron chi connectivity index (χ2n) is 5.44. The van der Waals surface area contributed by atoms with E-state index in [-0.39, 0.29) is 6.61 Å². The molecule has 3 heteroatoms. The van der Waals surface area contributed by atoms with E-state index < -0.39 is 5.54 Å². The molecule has 0 spiro atoms. The predicted octanol–water partition coefficient (Wildman–Crippen LogP) is 3.71. The summed E-state index contributed by atoms with van der Waals surface area (Å²) in [6.07, 6.45) is 0. The van der Waals surface area contributed by atoms with Crippen LogP contribution < -0.4 is 10.1 Å². The second-order valence-corrected chi connectivity index (χ2v) is 5.44. The van der Waals surface area contributed by atoms with Gasteiger partial charge in [-0.15, -0.1) is 0 Å². The molecule has 2 N–H and O–H groups in total. The molecule has 0 bridgehead atoms. The molecule has 2 aromatic rings. The Hall–Kier alpha value is -2.00. The maximum absolute atomic E-state index is 9.83. The summed E-state index contributed by atoms with van der Waals surface area (Å²) in [4.78, 5) is 0. The van der Waals surface area contributed by atoms with E-state index in [0.717, 1.165) is 17.0 Å². The van der Waals surface area contributed by atoms with Crippen molar-refractivity contribution in [1.29, 1.82) is 0 Å². The number of aliphatic hydroxyl groups is 1. The minimum Gasteiger partial charge on any atom is -0.494 e. The summed E-state index contributed by atoms with van der Waals surface area (Å²) in [5.74, 6) is 0.844. The molecule has 0 radical (unpaired) electrons. The highest BCUT2D eigenvalue weighted by molar-refractivity contribution is 5.49. The molecule has 3 nitrogen and oxygen atoms in total. The Balaban J connectivity index is 2.21. The lowest BCUT2D eigenvalue weighted by molar-refractivity contribution is 0.224. The van der Waals surface area contributed by atoms with E-state index in [2.05, 4.69) is 24.4 Å². The molecule has 21 heavy (non-hydrogen) atoms. The van der Waals surface area contributed by atoms with Gasteiger partial charge in [0.15, 0.2) is 0 Å². The first-order valence-corrected chi connectivity index (χ1v) is 7.26. The number of hydrogen-bond donors (Lipinski definition) is 2. The molecular weight excluding hydrogens is 262 g/mol. The third-order valence-corrected chi connectivity index (χ3v) is 3.59. The fraction of sp³-hybridized carbons (Fsp3) is 0.333. The molecule has 0 fully saturated rings. The Morgan fingerprint density at radius 1 is 1.05 bits per heavy atom. The van der Waals surface area contributed by atoms with E-state index in [1.165, 1.54) is 5.56 Å². The van der Waals surface area contributed by atoms with Crippen molar-refractivity contribution in [2.24, 2.45) is 0 Å². The summed E-state index contributed by atoms with van der Waals surface area (Å²) >= 11 is 0. The molecule has 0 saturated carbocycles. The number of benzene rings is 2. The molecule has 2 rings (SSSR count). The standard InChI is InChI=1S/C18H23NO2/c1-4-21-17-11-7-15(8-12-17)18(3,13-20)19-16-9-5-14(2)6-10-16/h5-12,19-20H,4,13H2,1-3H3. The molecule has 0 aliphatic carbocycles. The van der Waals surface area contributed by atoms with Crippen LogP contribution in [0, 0.1) is 6.92 Å². The molecule has 0 aliphatic heterocycles. The van der Waals surface area contributed by atoms with Crippen LogP contribution in [-0.2, 0) is 5.54 Å². The molecule has 0 aromatic heterocycles. The highest BCUT2D eigenvalue weighted by Crippen LogP contribution is 2.27. The molecule has 1 atom stereocenters. The molecule has 0 saturated heterocycles. The Kier molecular flexibility index (Phi) is 4.86. The van der Waals surface area contributed by atoms with Gasteiger partial charge in [0.05, 0.1) is 18.8 Å². The van der Waals surface area contributed by atoms with Crippen LogP contribution >= 0.6 is 0 Å². The minimum absolute atomic E-state index is 0.00879. The van der Waals surface area contributed by atoms with E-state index >= 15 is 0 Å². The fourth-order valence-corrected chi connectivity index (χ4v) is 2.24. The number of ether oxygens (including phenoxy) is 1. The summed E-state index contributed by atoms with van der Waals surface area (Å²) < 4.78 is 5.46. The van der Waals surface area contributed by atoms with Crippen LogP contribution in [0.3, 0.4) is 0 Å². The van der Waals surface area contributed by atoms with E-state index in [9.17, 15) is 5.11 Å². The Morgan fingerprint density at radius 2 is 1.67 bits per heavy atom. The highest BCUT2D eigenvalue weighted by Gasteiger charge is 2.25. The number of aryl methyl sites for hydroxylation is 1. The van der Waals surface area contributed by atoms with Crippen LogP contribution in [0.15, 0.2) is 48.5 Å². The van der Waals surface area contributed by atoms with Crippen LogP contribution in [0.1, 0.15) is 25.0 Å². The third-order valence-electron chi connectivity index (χ3n) is 3.59. The molecule has 0 amide bonds. The van der Waals surface area contributed by atoms with Gasteiger partial charge in [0, 0.05) is 5.69 Å². The molecule has 0 aliphatic rings. The van der Waals surface area contributed by atoms with Crippen molar-refractivity contribution < 1.29 is 9.84 Å². The van der Waals surface area contributed by atoms with Crippen molar-refractivity contribution in [3.8, 4) is 5.75 Å². The summed E-state index contributed by atoms with van der Waals surface area (Å²) in [6, 6.07) is 16.0. The first-order chi connectivity index (χ1) is 10.1. The lowest BCUT2D eigenvalue weighted by atomic mass is 9.92. The molecule has 0 heterocycles. The maximum atomic E-state index is 9.83. The quantitative estimate of drug-likeness (QED) is 0.850. The van der Waals surface area contributed by atoms with Gasteiger partial charge in [-0.25, -0.2) is 0 Å². The average molecular weight is 285 g/mol. The molecule has 2 aromatic carbocycles. The van der Waals surface area contributed by atoms with Crippen molar-refractivity contribution in [3.05, 3.63) is 59.7 Å². The van der Waals surface area contributed by atoms with Gasteiger partial charge in [0.25, 0.3) is 0 Å². The summed E-state index contributed by atoms with van der Waals surface area (Å²) in [7, 11) is 0. The van der Waals surface area contributed by atoms with Gasteiger partial charge < -0.3 is 15.2 Å². The van der Waals surface area contributed by atoms with Crippen molar-refractivity contribution in [2.75, 3.05) is 18.5 Å². The third kappa shape index (κ3) is 3.76. The second kappa shape index (κ2) is 6.64. The van der Waals surface area contributed by atoms with Gasteiger partial charge in [-0.05, 0) is 50.6 Å². The Morgan fingerprint density at radius 3 is 2.19 bits per heavy atom. The smallest absolute Gasteiger partial charge is 0.119 e. The lowest BCUT2D eigenvalue weighted by Gasteiger charge is -2.30. The number of rotatable bonds is 6. The largest absolute Gasteiger partial charge is 0.494 e. The van der Waals surface area contributed by atoms with Crippen LogP contribution in [0.2, 0.25) is 0 Å². The summed E-state index contributed by atoms with van der Waals surface area (Å²) in [5, 5.41) is 13.2. The van der Waals surface area contributed by atoms with Gasteiger partial charge in [0.2, 0.25) is 0 Å². The summed E-state index contributed by atoms with van der Waals surface area (Å²) in [6.45, 7) is 6.67. The zero-order valence-electron chi connectivity index (χ0n) is 12.9. The first-order valence-electron chi connectivity index (χ1n) is 7.26. The lowest BCUT2D eigenvalue weighted by Crippen LogP contribution is -2.35. The SMILES string of the molecule is CCOc1ccc(C(C)(CO)Nc2ccc(C)cc2)cc1. The van der Waals surface area contributed by atoms with Crippen LogP contribution in [0.5, 0.6) is 5.75 Å². The van der Waals surface area contributed by atoms with Crippen molar-refractivity contribution in [1.82, 2.24) is 0 Å². The Bertz CT molecular complexity index is 563. The number of hydrogen-bond acceptors (Lipinski definition) is 3. The van der Waals surface area contributed by atoms with Crippen molar-refractivity contribution in [3.63, 3.8) is 0 Å². The van der Waals surface area contributed by atoms with Gasteiger partial charge in [-0.3, -0.25) is 0 Å². The van der Waals surface area contributed by atoms with E-state index in [1.54, 1.807) is 0 Å². The van der Waals surface area contributed by atoms with Crippen molar-refractivity contribution >= 4 is 5.69 Å². The zero-order valence-corrected chi connectivity index (χ0v) is 12.9. The molecule has 1 unspecified atom stereocenters. The summed E-state index contributed by atoms with van der Waals surface area (Å²) in [5.41, 5.74) is 2.70. The van der Waals surface area contributed by atoms with Gasteiger partial charge in [-0.1, -0.05) is 29.8 Å². The minimum atomic E-state index is -0.528. The Labute approximate surface area is 126 Å². The first kappa shape index (κ1) is 15.4. The predicted molar refractivity (Wildman–Crippen MR) is 86.9 cm³/mol. The molecule has 112 valence electrons. The fourth-order valence-electron chi connectivity index (χ4n) is 2.24. The maximum Gasteiger partial charge on any atom is 0.119 e. The van der Waals surface area contributed by atoms with Gasteiger partial charge >= 0.3 is 0 Å². The van der Waals surface area contributed by atoms with E-state index in [1.807, 2.05) is 50.2 Å². The zero-order chi connectivity index (χ0) is 15.3. The highest BCUT2D eigenvalue weighted by atomic mass is 16.5. The van der Waals surface area contributed by atoms with Crippen LogP contribution in [0.4, 0.5) is 5.69 Å². The average Bonchev–Trinajstić information content (AvgIpc) is 2.50. The van der Waals surface area contributed by atoms with Gasteiger partial charge in [0.1, 0.15) is 5.75 Å². The van der Waals surface area contributed by atoms with Crippen molar-refractivity contribution in [2.45, 2.75) is 26.3 Å². The van der Waals surface area contributed by atoms with E-state index in [4.69, 9.17) is 4.74 Å². The topological polar surface area (TPSA) is 41.5 Å². The van der Waals surface area contributed by atoms with Gasteiger partial charge in [-0.2, -0.15) is 0 Å². The number of nitrogens with one attached hydrogen (secondary N) is 1. The number of anilines is 1. The van der Waals surface area contributed by atoms with E-state index in [0.29, 0.717) is 6.61 Å². The molecular formula is C18H23NO2. The monoisotopic (exact) mass is 285 g/mol. The number of aliphatic hydroxyl groups excluding tert-OH is 1. The normalized spacial score (nSPS) is 13.5.